The van der Waals surface area contributed by atoms with Gasteiger partial charge in [-0.1, -0.05) is 22.0 Å². The average Bonchev–Trinajstić information content (AvgIpc) is 3.51. The number of carbonyl (C=O) groups is 1. The fraction of sp³-hybridized carbons (Fsp3) is 0.435. The third kappa shape index (κ3) is 3.81. The molecule has 2 saturated heterocycles. The van der Waals surface area contributed by atoms with Gasteiger partial charge < -0.3 is 14.5 Å². The maximum absolute atomic E-state index is 13.4. The van der Waals surface area contributed by atoms with E-state index < -0.39 is 5.60 Å². The van der Waals surface area contributed by atoms with Gasteiger partial charge >= 0.3 is 0 Å². The number of nitrogens with zero attached hydrogens (tertiary/aromatic N) is 4. The van der Waals surface area contributed by atoms with Gasteiger partial charge in [-0.15, -0.1) is 0 Å². The van der Waals surface area contributed by atoms with Crippen molar-refractivity contribution in [2.45, 2.75) is 43.4 Å². The molecule has 1 amide bonds. The summed E-state index contributed by atoms with van der Waals surface area (Å²) in [4.78, 5) is 21.6. The van der Waals surface area contributed by atoms with Crippen molar-refractivity contribution in [2.75, 3.05) is 24.6 Å². The van der Waals surface area contributed by atoms with Gasteiger partial charge in [-0.3, -0.25) is 4.79 Å². The second kappa shape index (κ2) is 7.88. The predicted molar refractivity (Wildman–Crippen MR) is 116 cm³/mol. The van der Waals surface area contributed by atoms with Gasteiger partial charge in [0.2, 0.25) is 5.91 Å². The topological polar surface area (TPSA) is 69.5 Å². The molecule has 1 aromatic heterocycles. The lowest BCUT2D eigenvalue weighted by Gasteiger charge is -2.41. The molecule has 2 unspecified atom stereocenters. The van der Waals surface area contributed by atoms with Crippen LogP contribution in [0.4, 0.5) is 10.2 Å². The molecular formula is C23H22BrFN4O2. The van der Waals surface area contributed by atoms with Gasteiger partial charge in [-0.2, -0.15) is 5.26 Å². The lowest BCUT2D eigenvalue weighted by Crippen LogP contribution is -2.56. The highest BCUT2D eigenvalue weighted by Gasteiger charge is 2.48. The molecule has 2 aromatic rings. The predicted octanol–water partition coefficient (Wildman–Crippen LogP) is 3.74. The number of likely N-dealkylation sites (tertiary alicyclic amines) is 1. The second-order valence-corrected chi connectivity index (χ2v) is 9.37. The Kier molecular flexibility index (Phi) is 5.19. The Balaban J connectivity index is 1.22. The van der Waals surface area contributed by atoms with E-state index in [9.17, 15) is 9.18 Å². The van der Waals surface area contributed by atoms with Crippen molar-refractivity contribution in [3.05, 3.63) is 57.9 Å². The quantitative estimate of drug-likeness (QED) is 0.646. The molecule has 1 aromatic carbocycles. The number of pyridine rings is 1. The van der Waals surface area contributed by atoms with E-state index in [0.717, 1.165) is 37.1 Å². The SMILES string of the molecule is N#Cc1ccc(N2C3CCC2CN(C(=O)COC2(c4ccc(F)cc4Br)CC2)C3)nc1. The number of anilines is 1. The van der Waals surface area contributed by atoms with Crippen molar-refractivity contribution in [3.63, 3.8) is 0 Å². The third-order valence-corrected chi connectivity index (χ3v) is 7.23. The minimum absolute atomic E-state index is 0.00570. The summed E-state index contributed by atoms with van der Waals surface area (Å²) in [5, 5.41) is 8.98. The minimum atomic E-state index is -0.491. The maximum atomic E-state index is 13.4. The highest BCUT2D eigenvalue weighted by Crippen LogP contribution is 2.51. The van der Waals surface area contributed by atoms with Crippen LogP contribution in [0.5, 0.6) is 0 Å². The Morgan fingerprint density at radius 2 is 2.00 bits per heavy atom. The van der Waals surface area contributed by atoms with Crippen LogP contribution in [0.1, 0.15) is 36.8 Å². The van der Waals surface area contributed by atoms with E-state index >= 15 is 0 Å². The molecule has 3 heterocycles. The average molecular weight is 485 g/mol. The fourth-order valence-electron chi connectivity index (χ4n) is 4.84. The largest absolute Gasteiger partial charge is 0.360 e. The van der Waals surface area contributed by atoms with Crippen LogP contribution in [0.25, 0.3) is 0 Å². The zero-order valence-electron chi connectivity index (χ0n) is 16.9. The monoisotopic (exact) mass is 484 g/mol. The summed E-state index contributed by atoms with van der Waals surface area (Å²) in [7, 11) is 0. The van der Waals surface area contributed by atoms with Crippen LogP contribution >= 0.6 is 15.9 Å². The Bertz CT molecular complexity index is 1040. The summed E-state index contributed by atoms with van der Waals surface area (Å²) in [5.74, 6) is 0.564. The summed E-state index contributed by atoms with van der Waals surface area (Å²) in [5.41, 5.74) is 0.956. The summed E-state index contributed by atoms with van der Waals surface area (Å²) >= 11 is 3.42. The molecule has 5 rings (SSSR count). The number of benzene rings is 1. The third-order valence-electron chi connectivity index (χ3n) is 6.57. The van der Waals surface area contributed by atoms with Crippen LogP contribution in [-0.4, -0.2) is 47.6 Å². The molecule has 2 bridgehead atoms. The summed E-state index contributed by atoms with van der Waals surface area (Å²) < 4.78 is 20.2. The molecule has 6 nitrogen and oxygen atoms in total. The zero-order chi connectivity index (χ0) is 21.6. The number of nitriles is 1. The molecule has 2 atom stereocenters. The number of carbonyl (C=O) groups excluding carboxylic acids is 1. The van der Waals surface area contributed by atoms with Crippen molar-refractivity contribution in [1.82, 2.24) is 9.88 Å². The summed E-state index contributed by atoms with van der Waals surface area (Å²) in [6, 6.07) is 10.8. The van der Waals surface area contributed by atoms with Crippen molar-refractivity contribution >= 4 is 27.7 Å². The van der Waals surface area contributed by atoms with E-state index in [2.05, 4.69) is 31.9 Å². The minimum Gasteiger partial charge on any atom is -0.360 e. The number of aromatic nitrogens is 1. The van der Waals surface area contributed by atoms with E-state index in [4.69, 9.17) is 10.00 Å². The van der Waals surface area contributed by atoms with E-state index in [-0.39, 0.29) is 30.4 Å². The first-order chi connectivity index (χ1) is 15.0. The van der Waals surface area contributed by atoms with Crippen molar-refractivity contribution in [2.24, 2.45) is 0 Å². The van der Waals surface area contributed by atoms with Gasteiger partial charge in [-0.25, -0.2) is 9.37 Å². The number of hydrogen-bond acceptors (Lipinski definition) is 5. The van der Waals surface area contributed by atoms with Crippen molar-refractivity contribution < 1.29 is 13.9 Å². The molecule has 1 saturated carbocycles. The number of fused-ring (bicyclic) bond motifs is 2. The van der Waals surface area contributed by atoms with E-state index in [1.165, 1.54) is 12.1 Å². The van der Waals surface area contributed by atoms with Crippen molar-refractivity contribution in [3.8, 4) is 6.07 Å². The first-order valence-corrected chi connectivity index (χ1v) is 11.3. The molecule has 3 fully saturated rings. The van der Waals surface area contributed by atoms with Crippen molar-refractivity contribution in [1.29, 1.82) is 5.26 Å². The molecule has 2 aliphatic heterocycles. The Morgan fingerprint density at radius 1 is 1.26 bits per heavy atom. The fourth-order valence-corrected chi connectivity index (χ4v) is 5.55. The van der Waals surface area contributed by atoms with E-state index in [0.29, 0.717) is 23.1 Å². The highest BCUT2D eigenvalue weighted by atomic mass is 79.9. The molecule has 31 heavy (non-hydrogen) atoms. The van der Waals surface area contributed by atoms with Crippen LogP contribution in [0.2, 0.25) is 0 Å². The molecule has 8 heteroatoms. The number of rotatable bonds is 5. The summed E-state index contributed by atoms with van der Waals surface area (Å²) in [6.07, 6.45) is 5.29. The number of hydrogen-bond donors (Lipinski definition) is 0. The Morgan fingerprint density at radius 3 is 2.58 bits per heavy atom. The number of amides is 1. The smallest absolute Gasteiger partial charge is 0.248 e. The number of halogens is 2. The normalized spacial score (nSPS) is 23.5. The van der Waals surface area contributed by atoms with Crippen LogP contribution in [-0.2, 0) is 15.1 Å². The highest BCUT2D eigenvalue weighted by molar-refractivity contribution is 9.10. The Hall–Kier alpha value is -2.50. The van der Waals surface area contributed by atoms with Crippen LogP contribution < -0.4 is 4.90 Å². The van der Waals surface area contributed by atoms with Crippen LogP contribution in [0, 0.1) is 17.1 Å². The lowest BCUT2D eigenvalue weighted by atomic mass is 10.1. The van der Waals surface area contributed by atoms with Gasteiger partial charge in [0.15, 0.2) is 0 Å². The standard InChI is InChI=1S/C23H22BrFN4O2/c24-20-9-16(25)2-5-19(20)23(7-8-23)31-14-22(30)28-12-17-3-4-18(13-28)29(17)21-6-1-15(10-26)11-27-21/h1-2,5-6,9,11,17-18H,3-4,7-8,12-14H2. The van der Waals surface area contributed by atoms with E-state index in [1.807, 2.05) is 11.0 Å². The first kappa shape index (κ1) is 20.4. The molecule has 3 aliphatic rings. The van der Waals surface area contributed by atoms with Crippen LogP contribution in [0.15, 0.2) is 41.0 Å². The van der Waals surface area contributed by atoms with Gasteiger partial charge in [0.1, 0.15) is 24.3 Å². The maximum Gasteiger partial charge on any atom is 0.248 e. The molecule has 1 aliphatic carbocycles. The van der Waals surface area contributed by atoms with Crippen LogP contribution in [0.3, 0.4) is 0 Å². The number of ether oxygens (including phenoxy) is 1. The molecule has 160 valence electrons. The van der Waals surface area contributed by atoms with Gasteiger partial charge in [-0.05, 0) is 55.5 Å². The second-order valence-electron chi connectivity index (χ2n) is 8.51. The van der Waals surface area contributed by atoms with E-state index in [1.54, 1.807) is 18.3 Å². The molecule has 0 N–H and O–H groups in total. The summed E-state index contributed by atoms with van der Waals surface area (Å²) in [6.45, 7) is 1.32. The molecular weight excluding hydrogens is 463 g/mol. The molecule has 0 spiro atoms. The number of piperazine rings is 1. The lowest BCUT2D eigenvalue weighted by molar-refractivity contribution is -0.140. The van der Waals surface area contributed by atoms with Gasteiger partial charge in [0.25, 0.3) is 0 Å². The molecule has 0 radical (unpaired) electrons. The van der Waals surface area contributed by atoms with Gasteiger partial charge in [0, 0.05) is 35.8 Å². The zero-order valence-corrected chi connectivity index (χ0v) is 18.5. The first-order valence-electron chi connectivity index (χ1n) is 10.5. The Labute approximate surface area is 188 Å². The van der Waals surface area contributed by atoms with Gasteiger partial charge in [0.05, 0.1) is 11.2 Å².